The highest BCUT2D eigenvalue weighted by atomic mass is 19.1. The first-order valence-electron chi connectivity index (χ1n) is 9.70. The van der Waals surface area contributed by atoms with Crippen LogP contribution in [0.4, 0.5) is 10.1 Å². The van der Waals surface area contributed by atoms with Crippen LogP contribution in [0, 0.1) is 5.82 Å². The van der Waals surface area contributed by atoms with E-state index in [2.05, 4.69) is 20.9 Å². The summed E-state index contributed by atoms with van der Waals surface area (Å²) in [7, 11) is 0. The average molecular weight is 427 g/mol. The summed E-state index contributed by atoms with van der Waals surface area (Å²) in [5, 5.41) is 11.0. The second kappa shape index (κ2) is 9.48. The van der Waals surface area contributed by atoms with Gasteiger partial charge in [-0.25, -0.2) is 14.5 Å². The second-order valence-corrected chi connectivity index (χ2v) is 6.74. The number of amides is 2. The van der Waals surface area contributed by atoms with Gasteiger partial charge in [-0.1, -0.05) is 36.4 Å². The number of carbonyl (C=O) groups is 2. The molecule has 32 heavy (non-hydrogen) atoms. The number of hydrazone groups is 1. The molecule has 0 spiro atoms. The van der Waals surface area contributed by atoms with Gasteiger partial charge in [-0.2, -0.15) is 10.2 Å². The van der Waals surface area contributed by atoms with Gasteiger partial charge in [0, 0.05) is 23.0 Å². The lowest BCUT2D eigenvalue weighted by Gasteiger charge is -2.03. The van der Waals surface area contributed by atoms with Crippen molar-refractivity contribution in [1.82, 2.24) is 15.2 Å². The molecule has 0 fully saturated rings. The van der Waals surface area contributed by atoms with Gasteiger partial charge in [0.1, 0.15) is 11.5 Å². The number of aromatic nitrogens is 2. The summed E-state index contributed by atoms with van der Waals surface area (Å²) in [6, 6.07) is 24.0. The molecular formula is C24H18FN5O2. The van der Waals surface area contributed by atoms with Gasteiger partial charge < -0.3 is 5.32 Å². The smallest absolute Gasteiger partial charge is 0.318 e. The van der Waals surface area contributed by atoms with E-state index in [4.69, 9.17) is 0 Å². The van der Waals surface area contributed by atoms with Crippen LogP contribution in [-0.2, 0) is 9.59 Å². The molecule has 0 saturated carbocycles. The zero-order valence-electron chi connectivity index (χ0n) is 16.8. The zero-order chi connectivity index (χ0) is 22.3. The van der Waals surface area contributed by atoms with Crippen molar-refractivity contribution in [3.63, 3.8) is 0 Å². The van der Waals surface area contributed by atoms with E-state index in [0.717, 1.165) is 5.69 Å². The maximum atomic E-state index is 13.4. The Hall–Kier alpha value is -4.59. The van der Waals surface area contributed by atoms with Crippen LogP contribution in [0.2, 0.25) is 0 Å². The highest BCUT2D eigenvalue weighted by Gasteiger charge is 2.14. The van der Waals surface area contributed by atoms with Gasteiger partial charge in [0.05, 0.1) is 11.9 Å². The van der Waals surface area contributed by atoms with E-state index in [1.54, 1.807) is 53.3 Å². The Morgan fingerprint density at radius 1 is 0.875 bits per heavy atom. The molecule has 7 nitrogen and oxygen atoms in total. The molecular weight excluding hydrogens is 409 g/mol. The normalized spacial score (nSPS) is 10.8. The van der Waals surface area contributed by atoms with Crippen molar-refractivity contribution in [1.29, 1.82) is 0 Å². The molecule has 0 unspecified atom stereocenters. The highest BCUT2D eigenvalue weighted by molar-refractivity contribution is 6.39. The summed E-state index contributed by atoms with van der Waals surface area (Å²) in [6.45, 7) is 0. The summed E-state index contributed by atoms with van der Waals surface area (Å²) < 4.78 is 15.0. The van der Waals surface area contributed by atoms with Crippen molar-refractivity contribution in [3.05, 3.63) is 103 Å². The number of nitrogens with zero attached hydrogens (tertiary/aromatic N) is 3. The molecule has 1 aromatic heterocycles. The predicted octanol–water partition coefficient (Wildman–Crippen LogP) is 3.77. The van der Waals surface area contributed by atoms with Crippen LogP contribution in [0.1, 0.15) is 5.56 Å². The molecule has 158 valence electrons. The number of benzene rings is 3. The number of anilines is 1. The minimum absolute atomic E-state index is 0.358. The fraction of sp³-hybridized carbons (Fsp3) is 0. The molecule has 0 saturated heterocycles. The van der Waals surface area contributed by atoms with Gasteiger partial charge in [0.2, 0.25) is 0 Å². The lowest BCUT2D eigenvalue weighted by atomic mass is 10.1. The summed E-state index contributed by atoms with van der Waals surface area (Å²) in [4.78, 5) is 24.1. The summed E-state index contributed by atoms with van der Waals surface area (Å²) in [5.74, 6) is -2.11. The molecule has 0 atom stereocenters. The van der Waals surface area contributed by atoms with Crippen LogP contribution in [0.25, 0.3) is 16.9 Å². The SMILES string of the molecule is O=C(N/N=C/c1cn(-c2ccccc2)nc1-c1ccc(F)cc1)C(=O)Nc1ccccc1. The van der Waals surface area contributed by atoms with E-state index in [9.17, 15) is 14.0 Å². The third kappa shape index (κ3) is 4.93. The Balaban J connectivity index is 1.54. The van der Waals surface area contributed by atoms with E-state index >= 15 is 0 Å². The molecule has 2 N–H and O–H groups in total. The number of rotatable bonds is 5. The van der Waals surface area contributed by atoms with Gasteiger partial charge >= 0.3 is 11.8 Å². The fourth-order valence-corrected chi connectivity index (χ4v) is 2.95. The Labute approximate surface area is 183 Å². The molecule has 3 aromatic carbocycles. The van der Waals surface area contributed by atoms with Crippen LogP contribution in [0.5, 0.6) is 0 Å². The minimum atomic E-state index is -0.913. The fourth-order valence-electron chi connectivity index (χ4n) is 2.95. The standard InChI is InChI=1S/C24H18FN5O2/c25-19-13-11-17(12-14-19)22-18(16-30(29-22)21-9-5-2-6-10-21)15-26-28-24(32)23(31)27-20-7-3-1-4-8-20/h1-16H,(H,27,31)(H,28,32)/b26-15+. The van der Waals surface area contributed by atoms with E-state index in [1.807, 2.05) is 30.3 Å². The van der Waals surface area contributed by atoms with E-state index < -0.39 is 11.8 Å². The van der Waals surface area contributed by atoms with Crippen molar-refractivity contribution < 1.29 is 14.0 Å². The third-order valence-electron chi connectivity index (χ3n) is 4.49. The van der Waals surface area contributed by atoms with Crippen LogP contribution < -0.4 is 10.7 Å². The maximum absolute atomic E-state index is 13.4. The topological polar surface area (TPSA) is 88.4 Å². The lowest BCUT2D eigenvalue weighted by Crippen LogP contribution is -2.32. The third-order valence-corrected chi connectivity index (χ3v) is 4.49. The zero-order valence-corrected chi connectivity index (χ0v) is 16.8. The first-order valence-corrected chi connectivity index (χ1v) is 9.70. The van der Waals surface area contributed by atoms with E-state index in [1.165, 1.54) is 18.3 Å². The summed E-state index contributed by atoms with van der Waals surface area (Å²) >= 11 is 0. The quantitative estimate of drug-likeness (QED) is 0.289. The number of hydrogen-bond donors (Lipinski definition) is 2. The number of para-hydroxylation sites is 2. The number of hydrogen-bond acceptors (Lipinski definition) is 4. The molecule has 8 heteroatoms. The Bertz CT molecular complexity index is 1250. The van der Waals surface area contributed by atoms with E-state index in [0.29, 0.717) is 22.5 Å². The van der Waals surface area contributed by atoms with E-state index in [-0.39, 0.29) is 5.82 Å². The van der Waals surface area contributed by atoms with Gasteiger partial charge in [-0.05, 0) is 48.5 Å². The molecule has 0 aliphatic rings. The van der Waals surface area contributed by atoms with Crippen molar-refractivity contribution >= 4 is 23.7 Å². The molecule has 4 aromatic rings. The summed E-state index contributed by atoms with van der Waals surface area (Å²) in [5.41, 5.74) is 5.32. The molecule has 2 amide bonds. The lowest BCUT2D eigenvalue weighted by molar-refractivity contribution is -0.136. The monoisotopic (exact) mass is 427 g/mol. The minimum Gasteiger partial charge on any atom is -0.318 e. The molecule has 0 aliphatic carbocycles. The molecule has 0 aliphatic heterocycles. The van der Waals surface area contributed by atoms with Crippen LogP contribution >= 0.6 is 0 Å². The van der Waals surface area contributed by atoms with Gasteiger partial charge in [0.15, 0.2) is 0 Å². The molecule has 1 heterocycles. The summed E-state index contributed by atoms with van der Waals surface area (Å²) in [6.07, 6.45) is 3.12. The first-order chi connectivity index (χ1) is 15.6. The highest BCUT2D eigenvalue weighted by Crippen LogP contribution is 2.23. The van der Waals surface area contributed by atoms with Crippen molar-refractivity contribution in [2.24, 2.45) is 5.10 Å². The maximum Gasteiger partial charge on any atom is 0.329 e. The number of nitrogens with one attached hydrogen (secondary N) is 2. The Morgan fingerprint density at radius 2 is 1.53 bits per heavy atom. The largest absolute Gasteiger partial charge is 0.329 e. The Morgan fingerprint density at radius 3 is 2.22 bits per heavy atom. The van der Waals surface area contributed by atoms with Crippen molar-refractivity contribution in [3.8, 4) is 16.9 Å². The second-order valence-electron chi connectivity index (χ2n) is 6.74. The van der Waals surface area contributed by atoms with Gasteiger partial charge in [-0.15, -0.1) is 0 Å². The van der Waals surface area contributed by atoms with Crippen LogP contribution in [0.3, 0.4) is 0 Å². The van der Waals surface area contributed by atoms with Crippen molar-refractivity contribution in [2.75, 3.05) is 5.32 Å². The number of halogens is 1. The molecule has 0 bridgehead atoms. The first kappa shape index (κ1) is 20.7. The average Bonchev–Trinajstić information content (AvgIpc) is 3.25. The van der Waals surface area contributed by atoms with Gasteiger partial charge in [-0.3, -0.25) is 9.59 Å². The van der Waals surface area contributed by atoms with Crippen LogP contribution in [-0.4, -0.2) is 27.8 Å². The molecule has 4 rings (SSSR count). The molecule has 0 radical (unpaired) electrons. The van der Waals surface area contributed by atoms with Crippen molar-refractivity contribution in [2.45, 2.75) is 0 Å². The Kier molecular flexibility index (Phi) is 6.12. The predicted molar refractivity (Wildman–Crippen MR) is 120 cm³/mol. The van der Waals surface area contributed by atoms with Gasteiger partial charge in [0.25, 0.3) is 0 Å². The number of carbonyl (C=O) groups excluding carboxylic acids is 2. The van der Waals surface area contributed by atoms with Crippen LogP contribution in [0.15, 0.2) is 96.2 Å².